The van der Waals surface area contributed by atoms with Crippen molar-refractivity contribution in [3.05, 3.63) is 29.2 Å². The van der Waals surface area contributed by atoms with E-state index in [2.05, 4.69) is 4.98 Å². The largest absolute Gasteiger partial charge is 0.481 e. The Bertz CT molecular complexity index is 891. The molecule has 198 valence electrons. The number of aryl methyl sites for hydroxylation is 1. The summed E-state index contributed by atoms with van der Waals surface area (Å²) in [6.07, 6.45) is 1.23. The first-order chi connectivity index (χ1) is 16.3. The number of hydrogen-bond donors (Lipinski definition) is 3. The number of aliphatic carboxylic acids is 1. The maximum absolute atomic E-state index is 13.9. The fourth-order valence-electron chi connectivity index (χ4n) is 3.55. The number of likely N-dealkylation sites (N-methyl/N-ethyl adjacent to an activating group) is 1. The summed E-state index contributed by atoms with van der Waals surface area (Å²) in [6.45, 7) is 5.67. The molecule has 0 spiro atoms. The van der Waals surface area contributed by atoms with Crippen LogP contribution >= 0.6 is 0 Å². The Balaban J connectivity index is 0.00000142. The van der Waals surface area contributed by atoms with Crippen molar-refractivity contribution < 1.29 is 28.2 Å². The molecule has 1 aromatic heterocycles. The topological polar surface area (TPSA) is 138 Å². The van der Waals surface area contributed by atoms with Gasteiger partial charge < -0.3 is 30.4 Å². The average molecular weight is 501 g/mol. The molecule has 2 rings (SSSR count). The minimum atomic E-state index is -2.70. The maximum atomic E-state index is 13.9. The molecule has 2 heterocycles. The van der Waals surface area contributed by atoms with Gasteiger partial charge in [0.2, 0.25) is 0 Å². The molecular formula is C23H38F2N6O4. The molecular weight excluding hydrogens is 462 g/mol. The molecule has 0 unspecified atom stereocenters. The fourth-order valence-corrected chi connectivity index (χ4v) is 3.55. The van der Waals surface area contributed by atoms with E-state index in [9.17, 15) is 13.6 Å². The number of ether oxygens (including phenoxy) is 1. The highest BCUT2D eigenvalue weighted by molar-refractivity contribution is 5.69. The van der Waals surface area contributed by atoms with E-state index in [0.29, 0.717) is 48.7 Å². The third-order valence-corrected chi connectivity index (χ3v) is 5.23. The Hall–Kier alpha value is -3.15. The average Bonchev–Trinajstić information content (AvgIpc) is 2.77. The van der Waals surface area contributed by atoms with E-state index in [-0.39, 0.29) is 25.3 Å². The normalized spacial score (nSPS) is 15.4. The van der Waals surface area contributed by atoms with Gasteiger partial charge in [0.25, 0.3) is 11.9 Å². The molecule has 0 saturated carbocycles. The molecule has 1 aliphatic heterocycles. The van der Waals surface area contributed by atoms with Crippen molar-refractivity contribution in [2.24, 2.45) is 11.6 Å². The van der Waals surface area contributed by atoms with Crippen LogP contribution in [0.2, 0.25) is 0 Å². The van der Waals surface area contributed by atoms with Crippen LogP contribution in [-0.2, 0) is 16.0 Å². The summed E-state index contributed by atoms with van der Waals surface area (Å²) in [5.41, 5.74) is 8.79. The minimum Gasteiger partial charge on any atom is -0.481 e. The molecule has 1 amide bonds. The van der Waals surface area contributed by atoms with E-state index in [1.54, 1.807) is 31.1 Å². The van der Waals surface area contributed by atoms with Gasteiger partial charge in [-0.25, -0.2) is 24.4 Å². The predicted octanol–water partition coefficient (Wildman–Crippen LogP) is 2.88. The van der Waals surface area contributed by atoms with Gasteiger partial charge in [-0.15, -0.1) is 0 Å². The molecule has 0 bridgehead atoms. The zero-order valence-corrected chi connectivity index (χ0v) is 21.2. The number of carboxylic acid groups (broad SMARTS) is 1. The van der Waals surface area contributed by atoms with Crippen LogP contribution < -0.4 is 16.5 Å². The van der Waals surface area contributed by atoms with Crippen molar-refractivity contribution in [2.45, 2.75) is 52.4 Å². The number of amides is 1. The Morgan fingerprint density at radius 1 is 1.29 bits per heavy atom. The van der Waals surface area contributed by atoms with Gasteiger partial charge in [0, 0.05) is 40.5 Å². The number of carboxylic acids is 1. The maximum Gasteiger partial charge on any atom is 0.409 e. The first-order valence-electron chi connectivity index (χ1n) is 11.5. The van der Waals surface area contributed by atoms with Gasteiger partial charge in [-0.2, -0.15) is 0 Å². The highest BCUT2D eigenvalue weighted by Crippen LogP contribution is 2.32. The Morgan fingerprint density at radius 3 is 2.43 bits per heavy atom. The van der Waals surface area contributed by atoms with Gasteiger partial charge >= 0.3 is 6.09 Å². The quantitative estimate of drug-likeness (QED) is 0.363. The first-order valence-corrected chi connectivity index (χ1v) is 11.5. The second-order valence-electron chi connectivity index (χ2n) is 8.36. The number of halogens is 2. The second-order valence-corrected chi connectivity index (χ2v) is 8.36. The van der Waals surface area contributed by atoms with Crippen LogP contribution in [-0.4, -0.2) is 78.3 Å². The molecule has 1 aliphatic rings. The number of carbonyl (C=O) groups is 2. The number of nitrogens with zero attached hydrogens (tertiary/aromatic N) is 4. The molecule has 0 aliphatic carbocycles. The molecule has 0 radical (unpaired) electrons. The van der Waals surface area contributed by atoms with Crippen LogP contribution in [0.1, 0.15) is 51.4 Å². The standard InChI is InChI=1S/C21H34F2N6O2.C2H4O2/c1-5-11-27(3)20(30)31-13-18(28(4)25)19(24)16-8-9-17(15(6-2)26-16)29-12-7-10-21(22,23)14-29;1-2(3)4/h8-9H,5-7,10-14,24-25H2,1-4H3;1H3,(H,3,4)/b19-18-;. The first kappa shape index (κ1) is 29.9. The van der Waals surface area contributed by atoms with Gasteiger partial charge in [-0.1, -0.05) is 13.8 Å². The highest BCUT2D eigenvalue weighted by atomic mass is 19.3. The number of hydrogen-bond acceptors (Lipinski definition) is 8. The zero-order valence-electron chi connectivity index (χ0n) is 21.2. The second kappa shape index (κ2) is 13.7. The number of pyridine rings is 1. The summed E-state index contributed by atoms with van der Waals surface area (Å²) in [7, 11) is 3.25. The number of aromatic nitrogens is 1. The van der Waals surface area contributed by atoms with Crippen molar-refractivity contribution in [3.63, 3.8) is 0 Å². The summed E-state index contributed by atoms with van der Waals surface area (Å²) in [5, 5.41) is 8.70. The lowest BCUT2D eigenvalue weighted by Crippen LogP contribution is -2.43. The Labute approximate surface area is 205 Å². The third kappa shape index (κ3) is 9.55. The van der Waals surface area contributed by atoms with Gasteiger partial charge in [0.15, 0.2) is 0 Å². The lowest BCUT2D eigenvalue weighted by molar-refractivity contribution is -0.134. The van der Waals surface area contributed by atoms with Gasteiger partial charge in [0.1, 0.15) is 6.61 Å². The van der Waals surface area contributed by atoms with Crippen molar-refractivity contribution >= 4 is 23.4 Å². The van der Waals surface area contributed by atoms with E-state index in [1.807, 2.05) is 13.8 Å². The van der Waals surface area contributed by atoms with E-state index >= 15 is 0 Å². The zero-order chi connectivity index (χ0) is 26.8. The lowest BCUT2D eigenvalue weighted by Gasteiger charge is -2.35. The highest BCUT2D eigenvalue weighted by Gasteiger charge is 2.36. The van der Waals surface area contributed by atoms with Crippen LogP contribution in [0, 0.1) is 0 Å². The molecule has 10 nitrogen and oxygen atoms in total. The Morgan fingerprint density at radius 2 is 1.91 bits per heavy atom. The van der Waals surface area contributed by atoms with Crippen LogP contribution in [0.5, 0.6) is 0 Å². The third-order valence-electron chi connectivity index (χ3n) is 5.23. The van der Waals surface area contributed by atoms with Crippen molar-refractivity contribution in [1.82, 2.24) is 14.9 Å². The van der Waals surface area contributed by atoms with Crippen molar-refractivity contribution in [2.75, 3.05) is 45.2 Å². The number of nitrogens with two attached hydrogens (primary N) is 2. The summed E-state index contributed by atoms with van der Waals surface area (Å²) in [6, 6.07) is 3.45. The summed E-state index contributed by atoms with van der Waals surface area (Å²) in [4.78, 5) is 28.9. The molecule has 1 saturated heterocycles. The van der Waals surface area contributed by atoms with Gasteiger partial charge in [-0.3, -0.25) is 4.79 Å². The monoisotopic (exact) mass is 500 g/mol. The van der Waals surface area contributed by atoms with Crippen molar-refractivity contribution in [3.8, 4) is 0 Å². The Kier molecular flexibility index (Phi) is 11.7. The molecule has 35 heavy (non-hydrogen) atoms. The van der Waals surface area contributed by atoms with E-state index < -0.39 is 18.0 Å². The van der Waals surface area contributed by atoms with Crippen LogP contribution in [0.25, 0.3) is 5.70 Å². The molecule has 5 N–H and O–H groups in total. The van der Waals surface area contributed by atoms with Gasteiger partial charge in [0.05, 0.1) is 35.0 Å². The minimum absolute atomic E-state index is 0.0927. The summed E-state index contributed by atoms with van der Waals surface area (Å²) < 4.78 is 33.1. The van der Waals surface area contributed by atoms with Crippen LogP contribution in [0.15, 0.2) is 17.8 Å². The van der Waals surface area contributed by atoms with Crippen molar-refractivity contribution in [1.29, 1.82) is 0 Å². The fraction of sp³-hybridized carbons (Fsp3) is 0.609. The molecule has 0 atom stereocenters. The lowest BCUT2D eigenvalue weighted by atomic mass is 10.1. The van der Waals surface area contributed by atoms with E-state index in [0.717, 1.165) is 13.3 Å². The van der Waals surface area contributed by atoms with Gasteiger partial charge in [-0.05, 0) is 31.4 Å². The summed E-state index contributed by atoms with van der Waals surface area (Å²) >= 11 is 0. The molecule has 1 aromatic rings. The van der Waals surface area contributed by atoms with Crippen LogP contribution in [0.3, 0.4) is 0 Å². The number of alkyl halides is 2. The number of anilines is 1. The predicted molar refractivity (Wildman–Crippen MR) is 131 cm³/mol. The van der Waals surface area contributed by atoms with Crippen LogP contribution in [0.4, 0.5) is 19.3 Å². The van der Waals surface area contributed by atoms with E-state index in [4.69, 9.17) is 26.2 Å². The molecule has 12 heteroatoms. The van der Waals surface area contributed by atoms with E-state index in [1.165, 1.54) is 9.91 Å². The molecule has 0 aromatic carbocycles. The smallest absolute Gasteiger partial charge is 0.409 e. The number of carbonyl (C=O) groups excluding carboxylic acids is 1. The number of piperidine rings is 1. The number of hydrazine groups is 1. The summed E-state index contributed by atoms with van der Waals surface area (Å²) in [5.74, 6) is 2.38. The SMILES string of the molecule is CC(=O)O.CCCN(C)C(=O)OC/C(=C(/N)c1ccc(N2CCCC(F)(F)C2)c(CC)n1)N(C)N. The molecule has 1 fully saturated rings. The number of rotatable bonds is 8.